The fourth-order valence-corrected chi connectivity index (χ4v) is 3.28. The van der Waals surface area contributed by atoms with Gasteiger partial charge in [-0.3, -0.25) is 0 Å². The Hall–Kier alpha value is -3.25. The quantitative estimate of drug-likeness (QED) is 0.472. The van der Waals surface area contributed by atoms with Crippen molar-refractivity contribution >= 4 is 34.8 Å². The van der Waals surface area contributed by atoms with Crippen LogP contribution in [0.25, 0.3) is 16.9 Å². The lowest BCUT2D eigenvalue weighted by Gasteiger charge is -2.09. The Morgan fingerprint density at radius 1 is 0.963 bits per heavy atom. The first kappa shape index (κ1) is 17.2. The number of urea groups is 1. The summed E-state index contributed by atoms with van der Waals surface area (Å²) in [6, 6.07) is 21.0. The van der Waals surface area contributed by atoms with Crippen LogP contribution in [0.2, 0.25) is 0 Å². The van der Waals surface area contributed by atoms with Gasteiger partial charge in [0.1, 0.15) is 5.65 Å². The van der Waals surface area contributed by atoms with Gasteiger partial charge < -0.3 is 15.0 Å². The highest BCUT2D eigenvalue weighted by atomic mass is 32.2. The molecule has 0 fully saturated rings. The van der Waals surface area contributed by atoms with Crippen molar-refractivity contribution in [3.8, 4) is 11.3 Å². The zero-order valence-electron chi connectivity index (χ0n) is 14.7. The third-order valence-electron chi connectivity index (χ3n) is 4.11. The van der Waals surface area contributed by atoms with Crippen molar-refractivity contribution in [1.82, 2.24) is 9.38 Å². The van der Waals surface area contributed by atoms with Crippen LogP contribution >= 0.6 is 11.8 Å². The number of nitrogens with one attached hydrogen (secondary N) is 2. The Kier molecular flexibility index (Phi) is 4.80. The molecule has 6 heteroatoms. The summed E-state index contributed by atoms with van der Waals surface area (Å²) in [5.74, 6) is 0. The fraction of sp³-hybridized carbons (Fsp3) is 0.0476. The summed E-state index contributed by atoms with van der Waals surface area (Å²) in [5.41, 5.74) is 4.16. The third kappa shape index (κ3) is 3.96. The minimum absolute atomic E-state index is 0.277. The summed E-state index contributed by atoms with van der Waals surface area (Å²) >= 11 is 1.63. The number of thioether (sulfide) groups is 1. The molecule has 0 aliphatic heterocycles. The van der Waals surface area contributed by atoms with Gasteiger partial charge in [-0.1, -0.05) is 24.3 Å². The normalized spacial score (nSPS) is 10.7. The average molecular weight is 374 g/mol. The zero-order valence-corrected chi connectivity index (χ0v) is 15.5. The highest BCUT2D eigenvalue weighted by Gasteiger charge is 2.07. The second-order valence-electron chi connectivity index (χ2n) is 5.98. The van der Waals surface area contributed by atoms with Crippen molar-refractivity contribution in [3.05, 3.63) is 79.1 Å². The standard InChI is InChI=1S/C21H18N4OS/c1-27-18-9-5-8-17(13-18)23-21(26)22-16-7-4-6-15(12-16)19-14-25-11-3-2-10-20(25)24-19/h2-14H,1H3,(H2,22,23,26). The molecule has 0 unspecified atom stereocenters. The molecule has 4 aromatic rings. The molecule has 27 heavy (non-hydrogen) atoms. The lowest BCUT2D eigenvalue weighted by molar-refractivity contribution is 0.262. The van der Waals surface area contributed by atoms with Gasteiger partial charge in [0, 0.05) is 34.2 Å². The lowest BCUT2D eigenvalue weighted by Crippen LogP contribution is -2.19. The van der Waals surface area contributed by atoms with E-state index >= 15 is 0 Å². The summed E-state index contributed by atoms with van der Waals surface area (Å²) in [6.07, 6.45) is 5.94. The molecule has 0 saturated heterocycles. The van der Waals surface area contributed by atoms with Crippen LogP contribution in [-0.4, -0.2) is 21.7 Å². The van der Waals surface area contributed by atoms with Crippen LogP contribution in [0.1, 0.15) is 0 Å². The number of nitrogens with zero attached hydrogens (tertiary/aromatic N) is 2. The molecule has 0 saturated carbocycles. The van der Waals surface area contributed by atoms with E-state index in [0.717, 1.165) is 27.5 Å². The molecule has 0 aliphatic rings. The van der Waals surface area contributed by atoms with Crippen LogP contribution in [0.4, 0.5) is 16.2 Å². The number of pyridine rings is 1. The molecular formula is C21H18N4OS. The number of hydrogen-bond acceptors (Lipinski definition) is 3. The largest absolute Gasteiger partial charge is 0.323 e. The van der Waals surface area contributed by atoms with E-state index in [2.05, 4.69) is 15.6 Å². The van der Waals surface area contributed by atoms with Crippen molar-refractivity contribution in [1.29, 1.82) is 0 Å². The van der Waals surface area contributed by atoms with Gasteiger partial charge in [0.2, 0.25) is 0 Å². The molecular weight excluding hydrogens is 356 g/mol. The van der Waals surface area contributed by atoms with Crippen molar-refractivity contribution < 1.29 is 4.79 Å². The molecule has 2 heterocycles. The van der Waals surface area contributed by atoms with E-state index in [9.17, 15) is 4.79 Å². The zero-order chi connectivity index (χ0) is 18.6. The molecule has 2 N–H and O–H groups in total. The van der Waals surface area contributed by atoms with Gasteiger partial charge in [-0.25, -0.2) is 9.78 Å². The Morgan fingerprint density at radius 3 is 2.52 bits per heavy atom. The number of benzene rings is 2. The van der Waals surface area contributed by atoms with E-state index < -0.39 is 0 Å². The van der Waals surface area contributed by atoms with E-state index in [1.807, 2.05) is 89.8 Å². The molecule has 134 valence electrons. The number of carbonyl (C=O) groups excluding carboxylic acids is 1. The second-order valence-corrected chi connectivity index (χ2v) is 6.86. The predicted octanol–water partition coefficient (Wildman–Crippen LogP) is 5.37. The molecule has 0 bridgehead atoms. The summed E-state index contributed by atoms with van der Waals surface area (Å²) in [7, 11) is 0. The number of imidazole rings is 1. The first-order valence-electron chi connectivity index (χ1n) is 8.47. The molecule has 4 rings (SSSR count). The van der Waals surface area contributed by atoms with Crippen molar-refractivity contribution in [3.63, 3.8) is 0 Å². The second kappa shape index (κ2) is 7.55. The lowest BCUT2D eigenvalue weighted by atomic mass is 10.1. The topological polar surface area (TPSA) is 58.4 Å². The van der Waals surface area contributed by atoms with Gasteiger partial charge in [-0.05, 0) is 48.7 Å². The van der Waals surface area contributed by atoms with E-state index in [1.54, 1.807) is 11.8 Å². The van der Waals surface area contributed by atoms with E-state index in [-0.39, 0.29) is 6.03 Å². The van der Waals surface area contributed by atoms with Crippen molar-refractivity contribution in [2.24, 2.45) is 0 Å². The maximum Gasteiger partial charge on any atom is 0.323 e. The number of aromatic nitrogens is 2. The Morgan fingerprint density at radius 2 is 1.74 bits per heavy atom. The summed E-state index contributed by atoms with van der Waals surface area (Å²) in [5, 5.41) is 5.74. The van der Waals surface area contributed by atoms with E-state index in [4.69, 9.17) is 0 Å². The van der Waals surface area contributed by atoms with Crippen LogP contribution in [-0.2, 0) is 0 Å². The van der Waals surface area contributed by atoms with Crippen LogP contribution in [0.5, 0.6) is 0 Å². The number of carbonyl (C=O) groups is 1. The summed E-state index contributed by atoms with van der Waals surface area (Å²) in [4.78, 5) is 18.0. The molecule has 2 aromatic heterocycles. The molecule has 2 amide bonds. The number of fused-ring (bicyclic) bond motifs is 1. The molecule has 2 aromatic carbocycles. The SMILES string of the molecule is CSc1cccc(NC(=O)Nc2cccc(-c3cn4ccccc4n3)c2)c1. The van der Waals surface area contributed by atoms with Crippen LogP contribution in [0.15, 0.2) is 84.0 Å². The Labute approximate surface area is 161 Å². The Bertz CT molecular complexity index is 1070. The van der Waals surface area contributed by atoms with Crippen molar-refractivity contribution in [2.45, 2.75) is 4.90 Å². The van der Waals surface area contributed by atoms with Gasteiger partial charge >= 0.3 is 6.03 Å². The first-order chi connectivity index (χ1) is 13.2. The molecule has 0 atom stereocenters. The number of hydrogen-bond donors (Lipinski definition) is 2. The van der Waals surface area contributed by atoms with Gasteiger partial charge in [0.05, 0.1) is 5.69 Å². The van der Waals surface area contributed by atoms with Gasteiger partial charge in [0.25, 0.3) is 0 Å². The average Bonchev–Trinajstić information content (AvgIpc) is 3.12. The first-order valence-corrected chi connectivity index (χ1v) is 9.70. The minimum Gasteiger partial charge on any atom is -0.308 e. The van der Waals surface area contributed by atoms with Crippen molar-refractivity contribution in [2.75, 3.05) is 16.9 Å². The van der Waals surface area contributed by atoms with Gasteiger partial charge in [-0.2, -0.15) is 0 Å². The number of amides is 2. The molecule has 0 spiro atoms. The van der Waals surface area contributed by atoms with Crippen LogP contribution in [0.3, 0.4) is 0 Å². The maximum atomic E-state index is 12.3. The number of rotatable bonds is 4. The van der Waals surface area contributed by atoms with E-state index in [1.165, 1.54) is 0 Å². The van der Waals surface area contributed by atoms with E-state index in [0.29, 0.717) is 5.69 Å². The third-order valence-corrected chi connectivity index (χ3v) is 4.83. The summed E-state index contributed by atoms with van der Waals surface area (Å²) < 4.78 is 1.97. The molecule has 0 radical (unpaired) electrons. The van der Waals surface area contributed by atoms with Gasteiger partial charge in [-0.15, -0.1) is 11.8 Å². The maximum absolute atomic E-state index is 12.3. The fourth-order valence-electron chi connectivity index (χ4n) is 2.82. The van der Waals surface area contributed by atoms with Gasteiger partial charge in [0.15, 0.2) is 0 Å². The highest BCUT2D eigenvalue weighted by molar-refractivity contribution is 7.98. The molecule has 0 aliphatic carbocycles. The highest BCUT2D eigenvalue weighted by Crippen LogP contribution is 2.23. The minimum atomic E-state index is -0.277. The number of anilines is 2. The van der Waals surface area contributed by atoms with Crippen LogP contribution in [0, 0.1) is 0 Å². The Balaban J connectivity index is 1.51. The summed E-state index contributed by atoms with van der Waals surface area (Å²) in [6.45, 7) is 0. The molecule has 5 nitrogen and oxygen atoms in total. The predicted molar refractivity (Wildman–Crippen MR) is 111 cm³/mol. The van der Waals surface area contributed by atoms with Crippen LogP contribution < -0.4 is 10.6 Å². The monoisotopic (exact) mass is 374 g/mol. The smallest absolute Gasteiger partial charge is 0.308 e.